The van der Waals surface area contributed by atoms with Crippen LogP contribution in [0.25, 0.3) is 0 Å². The van der Waals surface area contributed by atoms with Gasteiger partial charge in [0.05, 0.1) is 29.9 Å². The van der Waals surface area contributed by atoms with Crippen molar-refractivity contribution in [2.45, 2.75) is 36.7 Å². The summed E-state index contributed by atoms with van der Waals surface area (Å²) >= 11 is 0. The lowest BCUT2D eigenvalue weighted by atomic mass is 9.76. The van der Waals surface area contributed by atoms with Gasteiger partial charge in [0.15, 0.2) is 0 Å². The van der Waals surface area contributed by atoms with Crippen LogP contribution >= 0.6 is 0 Å². The summed E-state index contributed by atoms with van der Waals surface area (Å²) in [5.41, 5.74) is -0.882. The minimum Gasteiger partial charge on any atom is -0.469 e. The Balaban J connectivity index is 1.54. The summed E-state index contributed by atoms with van der Waals surface area (Å²) in [7, 11) is -1.04. The molecule has 8 heteroatoms. The summed E-state index contributed by atoms with van der Waals surface area (Å²) in [6.45, 7) is 1.90. The maximum atomic E-state index is 13.2. The lowest BCUT2D eigenvalue weighted by Crippen LogP contribution is -2.42. The molecule has 1 aromatic rings. The highest BCUT2D eigenvalue weighted by atomic mass is 32.2. The third-order valence-corrected chi connectivity index (χ3v) is 9.10. The Morgan fingerprint density at radius 3 is 1.81 bits per heavy atom. The number of benzene rings is 1. The molecule has 4 aliphatic rings. The van der Waals surface area contributed by atoms with Gasteiger partial charge in [-0.2, -0.15) is 4.31 Å². The van der Waals surface area contributed by atoms with Gasteiger partial charge in [-0.25, -0.2) is 8.42 Å². The Labute approximate surface area is 157 Å². The average Bonchev–Trinajstić information content (AvgIpc) is 3.51. The molecule has 0 spiro atoms. The normalized spacial score (nSPS) is 42.9. The lowest BCUT2D eigenvalue weighted by molar-refractivity contribution is -0.164. The van der Waals surface area contributed by atoms with E-state index in [4.69, 9.17) is 9.47 Å². The molecule has 0 bridgehead atoms. The van der Waals surface area contributed by atoms with E-state index >= 15 is 0 Å². The van der Waals surface area contributed by atoms with Crippen LogP contribution in [0, 0.1) is 29.6 Å². The first-order valence-corrected chi connectivity index (χ1v) is 10.5. The number of carbonyl (C=O) groups is 2. The number of sulfonamides is 1. The van der Waals surface area contributed by atoms with E-state index in [9.17, 15) is 18.0 Å². The molecule has 3 saturated carbocycles. The Kier molecular flexibility index (Phi) is 3.13. The molecular formula is C19H21NO6S. The van der Waals surface area contributed by atoms with E-state index < -0.39 is 32.8 Å². The first-order valence-electron chi connectivity index (χ1n) is 9.04. The van der Waals surface area contributed by atoms with Crippen LogP contribution in [-0.2, 0) is 29.1 Å². The van der Waals surface area contributed by atoms with Crippen molar-refractivity contribution in [1.29, 1.82) is 0 Å². The predicted octanol–water partition coefficient (Wildman–Crippen LogP) is 1.11. The molecule has 0 aromatic heterocycles. The van der Waals surface area contributed by atoms with Crippen molar-refractivity contribution >= 4 is 22.0 Å². The number of nitrogens with zero attached hydrogens (tertiary/aromatic N) is 1. The highest BCUT2D eigenvalue weighted by molar-refractivity contribution is 7.89. The van der Waals surface area contributed by atoms with Crippen molar-refractivity contribution in [2.24, 2.45) is 22.7 Å². The number of methoxy groups -OCH3 is 2. The third kappa shape index (κ3) is 1.78. The molecular weight excluding hydrogens is 370 g/mol. The molecule has 7 nitrogen and oxygen atoms in total. The Hall–Kier alpha value is -1.93. The number of hydrogen-bond donors (Lipinski definition) is 0. The molecule has 1 aliphatic heterocycles. The van der Waals surface area contributed by atoms with Gasteiger partial charge < -0.3 is 9.47 Å². The SMILES string of the molecule is COC(=O)[C@@]12C[C@@H]1[C@H]1[C@@H]([C@@H]3C[C@@]32C(=O)OC)N1S(=O)(=O)c1ccc(C)cc1. The maximum Gasteiger partial charge on any atom is 0.313 e. The van der Waals surface area contributed by atoms with E-state index in [0.717, 1.165) is 5.56 Å². The molecule has 4 fully saturated rings. The summed E-state index contributed by atoms with van der Waals surface area (Å²) in [5, 5.41) is 0. The fourth-order valence-corrected chi connectivity index (χ4v) is 7.71. The molecule has 0 radical (unpaired) electrons. The second kappa shape index (κ2) is 4.91. The van der Waals surface area contributed by atoms with Crippen LogP contribution in [-0.4, -0.2) is 51.0 Å². The number of hydrogen-bond acceptors (Lipinski definition) is 6. The van der Waals surface area contributed by atoms with Crippen LogP contribution in [0.5, 0.6) is 0 Å². The van der Waals surface area contributed by atoms with Crippen molar-refractivity contribution in [3.05, 3.63) is 29.8 Å². The molecule has 3 aliphatic carbocycles. The zero-order valence-electron chi connectivity index (χ0n) is 15.3. The van der Waals surface area contributed by atoms with Gasteiger partial charge in [0.2, 0.25) is 10.0 Å². The molecule has 1 heterocycles. The van der Waals surface area contributed by atoms with E-state index in [2.05, 4.69) is 0 Å². The van der Waals surface area contributed by atoms with Crippen molar-refractivity contribution in [3.8, 4) is 0 Å². The fraction of sp³-hybridized carbons (Fsp3) is 0.579. The standard InChI is InChI=1S/C19H21NO6S/c1-10-4-6-11(7-5-10)27(23,24)20-14-12-8-18(12,16(21)25-2)19(17(22)26-3)9-13(19)15(14)20/h4-7,12-15H,8-9H2,1-3H3/t12-,13+,14+,15-,18-,19+,20?. The molecule has 0 amide bonds. The molecule has 5 rings (SSSR count). The van der Waals surface area contributed by atoms with Crippen LogP contribution in [0.4, 0.5) is 0 Å². The molecule has 0 N–H and O–H groups in total. The predicted molar refractivity (Wildman–Crippen MR) is 92.9 cm³/mol. The molecule has 7 atom stereocenters. The molecule has 1 saturated heterocycles. The quantitative estimate of drug-likeness (QED) is 0.564. The van der Waals surface area contributed by atoms with E-state index in [-0.39, 0.29) is 28.8 Å². The average molecular weight is 391 g/mol. The van der Waals surface area contributed by atoms with Crippen LogP contribution in [0.3, 0.4) is 0 Å². The topological polar surface area (TPSA) is 89.8 Å². The van der Waals surface area contributed by atoms with E-state index in [1.807, 2.05) is 6.92 Å². The van der Waals surface area contributed by atoms with Gasteiger partial charge in [-0.1, -0.05) is 17.7 Å². The summed E-state index contributed by atoms with van der Waals surface area (Å²) in [5.74, 6) is -1.21. The number of fused-ring (bicyclic) bond motifs is 6. The van der Waals surface area contributed by atoms with Gasteiger partial charge in [-0.15, -0.1) is 0 Å². The van der Waals surface area contributed by atoms with Gasteiger partial charge in [-0.3, -0.25) is 9.59 Å². The zero-order valence-corrected chi connectivity index (χ0v) is 16.2. The smallest absolute Gasteiger partial charge is 0.313 e. The number of rotatable bonds is 4. The van der Waals surface area contributed by atoms with Gasteiger partial charge in [0, 0.05) is 12.1 Å². The monoisotopic (exact) mass is 391 g/mol. The Morgan fingerprint density at radius 2 is 1.41 bits per heavy atom. The number of esters is 2. The van der Waals surface area contributed by atoms with Crippen LogP contribution < -0.4 is 0 Å². The molecule has 1 unspecified atom stereocenters. The van der Waals surface area contributed by atoms with Gasteiger partial charge in [0.25, 0.3) is 0 Å². The molecule has 27 heavy (non-hydrogen) atoms. The summed E-state index contributed by atoms with van der Waals surface area (Å²) in [6, 6.07) is 6.28. The summed E-state index contributed by atoms with van der Waals surface area (Å²) in [4.78, 5) is 25.5. The highest BCUT2D eigenvalue weighted by Gasteiger charge is 2.95. The molecule has 1 aromatic carbocycles. The van der Waals surface area contributed by atoms with Crippen molar-refractivity contribution in [3.63, 3.8) is 0 Å². The van der Waals surface area contributed by atoms with Gasteiger partial charge in [-0.05, 0) is 43.7 Å². The summed E-state index contributed by atoms with van der Waals surface area (Å²) in [6.07, 6.45) is 0.957. The van der Waals surface area contributed by atoms with Crippen molar-refractivity contribution in [2.75, 3.05) is 14.2 Å². The minimum atomic E-state index is -3.67. The maximum absolute atomic E-state index is 13.2. The first-order chi connectivity index (χ1) is 12.8. The largest absolute Gasteiger partial charge is 0.469 e. The Bertz CT molecular complexity index is 930. The number of carbonyl (C=O) groups excluding carboxylic acids is 2. The second-order valence-corrected chi connectivity index (χ2v) is 10.0. The first kappa shape index (κ1) is 17.2. The van der Waals surface area contributed by atoms with Gasteiger partial charge >= 0.3 is 11.9 Å². The highest BCUT2D eigenvalue weighted by Crippen LogP contribution is 2.86. The second-order valence-electron chi connectivity index (χ2n) is 8.18. The fourth-order valence-electron chi connectivity index (χ4n) is 5.85. The zero-order chi connectivity index (χ0) is 19.4. The van der Waals surface area contributed by atoms with E-state index in [1.165, 1.54) is 18.5 Å². The molecule has 144 valence electrons. The van der Waals surface area contributed by atoms with Crippen molar-refractivity contribution in [1.82, 2.24) is 4.31 Å². The van der Waals surface area contributed by atoms with Crippen LogP contribution in [0.15, 0.2) is 29.2 Å². The third-order valence-electron chi connectivity index (χ3n) is 7.19. The number of aryl methyl sites for hydroxylation is 1. The summed E-state index contributed by atoms with van der Waals surface area (Å²) < 4.78 is 37.9. The van der Waals surface area contributed by atoms with E-state index in [0.29, 0.717) is 12.8 Å². The number of ether oxygens (including phenoxy) is 2. The van der Waals surface area contributed by atoms with E-state index in [1.54, 1.807) is 24.3 Å². The lowest BCUT2D eigenvalue weighted by Gasteiger charge is -2.27. The van der Waals surface area contributed by atoms with Crippen molar-refractivity contribution < 1.29 is 27.5 Å². The van der Waals surface area contributed by atoms with Crippen LogP contribution in [0.2, 0.25) is 0 Å². The van der Waals surface area contributed by atoms with Crippen LogP contribution in [0.1, 0.15) is 18.4 Å². The minimum absolute atomic E-state index is 0.187. The van der Waals surface area contributed by atoms with Gasteiger partial charge in [0.1, 0.15) is 0 Å². The Morgan fingerprint density at radius 1 is 0.963 bits per heavy atom.